The van der Waals surface area contributed by atoms with Crippen molar-refractivity contribution in [3.05, 3.63) is 127 Å². The van der Waals surface area contributed by atoms with Crippen LogP contribution >= 0.6 is 0 Å². The van der Waals surface area contributed by atoms with Gasteiger partial charge in [0.05, 0.1) is 13.2 Å². The Morgan fingerprint density at radius 3 is 1.55 bits per heavy atom. The van der Waals surface area contributed by atoms with Crippen molar-refractivity contribution >= 4 is 29.9 Å². The molecule has 1 aliphatic rings. The van der Waals surface area contributed by atoms with Crippen LogP contribution in [-0.4, -0.2) is 21.0 Å². The number of ether oxygens (including phenoxy) is 1. The van der Waals surface area contributed by atoms with E-state index in [-0.39, 0.29) is 5.92 Å². The van der Waals surface area contributed by atoms with E-state index in [1.54, 1.807) is 0 Å². The standard InChI is InChI=1S/C30H28O2Si/c31-24-30(21-26(30)23-32-22-25-13-5-1-6-14-25)33(27-15-7-2-8-16-27,28-17-9-3-10-18-28)29-19-11-4-12-20-29/h1-20,24,26H,21-23H2. The SMILES string of the molecule is O=CC1([Si](c2ccccc2)(c2ccccc2)c2ccccc2)CC1COCc1ccccc1. The van der Waals surface area contributed by atoms with Crippen molar-refractivity contribution in [1.29, 1.82) is 0 Å². The van der Waals surface area contributed by atoms with Crippen molar-refractivity contribution in [2.75, 3.05) is 6.61 Å². The van der Waals surface area contributed by atoms with Crippen molar-refractivity contribution in [2.45, 2.75) is 18.1 Å². The van der Waals surface area contributed by atoms with Gasteiger partial charge in [-0.25, -0.2) is 0 Å². The predicted molar refractivity (Wildman–Crippen MR) is 137 cm³/mol. The summed E-state index contributed by atoms with van der Waals surface area (Å²) in [6, 6.07) is 42.3. The average Bonchev–Trinajstić information content (AvgIpc) is 3.61. The molecule has 4 aromatic rings. The number of carbonyl (C=O) groups is 1. The number of carbonyl (C=O) groups excluding carboxylic acids is 1. The molecule has 0 amide bonds. The first kappa shape index (κ1) is 21.6. The molecule has 164 valence electrons. The molecular formula is C30H28O2Si. The highest BCUT2D eigenvalue weighted by Crippen LogP contribution is 2.63. The highest BCUT2D eigenvalue weighted by atomic mass is 28.3. The fourth-order valence-electron chi connectivity index (χ4n) is 5.51. The first-order chi connectivity index (χ1) is 16.3. The van der Waals surface area contributed by atoms with Gasteiger partial charge in [-0.15, -0.1) is 0 Å². The van der Waals surface area contributed by atoms with E-state index < -0.39 is 13.1 Å². The molecule has 0 aromatic heterocycles. The second kappa shape index (κ2) is 9.30. The molecule has 0 bridgehead atoms. The van der Waals surface area contributed by atoms with E-state index in [0.29, 0.717) is 13.2 Å². The molecule has 0 radical (unpaired) electrons. The van der Waals surface area contributed by atoms with Crippen LogP contribution in [0.2, 0.25) is 5.04 Å². The number of aldehydes is 1. The van der Waals surface area contributed by atoms with E-state index >= 15 is 0 Å². The molecule has 33 heavy (non-hydrogen) atoms. The van der Waals surface area contributed by atoms with E-state index in [9.17, 15) is 4.79 Å². The maximum atomic E-state index is 13.1. The number of benzene rings is 4. The van der Waals surface area contributed by atoms with Crippen molar-refractivity contribution in [2.24, 2.45) is 5.92 Å². The lowest BCUT2D eigenvalue weighted by Gasteiger charge is -2.39. The summed E-state index contributed by atoms with van der Waals surface area (Å²) in [6.45, 7) is 1.16. The third kappa shape index (κ3) is 3.78. The molecule has 2 atom stereocenters. The lowest BCUT2D eigenvalue weighted by molar-refractivity contribution is -0.108. The van der Waals surface area contributed by atoms with Gasteiger partial charge in [-0.3, -0.25) is 0 Å². The first-order valence-electron chi connectivity index (χ1n) is 11.6. The van der Waals surface area contributed by atoms with Crippen LogP contribution in [0.25, 0.3) is 0 Å². The number of hydrogen-bond donors (Lipinski definition) is 0. The molecule has 4 aromatic carbocycles. The van der Waals surface area contributed by atoms with Gasteiger partial charge in [0.15, 0.2) is 8.07 Å². The summed E-state index contributed by atoms with van der Waals surface area (Å²) in [6.07, 6.45) is 2.12. The quantitative estimate of drug-likeness (QED) is 0.216. The molecule has 1 saturated carbocycles. The van der Waals surface area contributed by atoms with E-state index in [2.05, 4.69) is 103 Å². The summed E-state index contributed by atoms with van der Waals surface area (Å²) in [5, 5.41) is 3.40. The molecule has 2 unspecified atom stereocenters. The highest BCUT2D eigenvalue weighted by Gasteiger charge is 2.69. The van der Waals surface area contributed by atoms with Gasteiger partial charge < -0.3 is 9.53 Å². The maximum absolute atomic E-state index is 13.1. The monoisotopic (exact) mass is 448 g/mol. The molecule has 3 heteroatoms. The Morgan fingerprint density at radius 2 is 1.12 bits per heavy atom. The van der Waals surface area contributed by atoms with Crippen molar-refractivity contribution < 1.29 is 9.53 Å². The summed E-state index contributed by atoms with van der Waals surface area (Å²) >= 11 is 0. The smallest absolute Gasteiger partial charge is 0.161 e. The van der Waals surface area contributed by atoms with Gasteiger partial charge >= 0.3 is 0 Å². The van der Waals surface area contributed by atoms with Crippen molar-refractivity contribution in [3.63, 3.8) is 0 Å². The Labute approximate surface area is 196 Å². The normalized spacial score (nSPS) is 19.7. The minimum Gasteiger partial charge on any atom is -0.376 e. The van der Waals surface area contributed by atoms with Crippen LogP contribution in [0.5, 0.6) is 0 Å². The van der Waals surface area contributed by atoms with Crippen LogP contribution in [0.15, 0.2) is 121 Å². The predicted octanol–water partition coefficient (Wildman–Crippen LogP) is 4.33. The third-order valence-electron chi connectivity index (χ3n) is 7.11. The second-order valence-corrected chi connectivity index (χ2v) is 13.1. The van der Waals surface area contributed by atoms with Gasteiger partial charge in [-0.05, 0) is 33.5 Å². The zero-order valence-corrected chi connectivity index (χ0v) is 19.6. The summed E-state index contributed by atoms with van der Waals surface area (Å²) < 4.78 is 6.17. The Balaban J connectivity index is 1.59. The molecule has 0 saturated heterocycles. The summed E-state index contributed by atoms with van der Waals surface area (Å²) in [5.74, 6) is 0.200. The van der Waals surface area contributed by atoms with Gasteiger partial charge in [-0.1, -0.05) is 121 Å². The Kier molecular flexibility index (Phi) is 6.08. The van der Waals surface area contributed by atoms with Gasteiger partial charge in [0.2, 0.25) is 0 Å². The lowest BCUT2D eigenvalue weighted by Crippen LogP contribution is -2.71. The Bertz CT molecular complexity index is 1080. The van der Waals surface area contributed by atoms with E-state index in [1.165, 1.54) is 21.8 Å². The second-order valence-electron chi connectivity index (χ2n) is 8.91. The molecule has 0 aliphatic heterocycles. The third-order valence-corrected chi connectivity index (χ3v) is 12.8. The van der Waals surface area contributed by atoms with Gasteiger partial charge in [0.25, 0.3) is 0 Å². The molecule has 5 rings (SSSR count). The minimum atomic E-state index is -2.68. The van der Waals surface area contributed by atoms with Crippen molar-refractivity contribution in [3.8, 4) is 0 Å². The van der Waals surface area contributed by atoms with Gasteiger partial charge in [0, 0.05) is 5.04 Å². The largest absolute Gasteiger partial charge is 0.376 e. The summed E-state index contributed by atoms with van der Waals surface area (Å²) in [4.78, 5) is 13.1. The average molecular weight is 449 g/mol. The minimum absolute atomic E-state index is 0.200. The molecule has 0 heterocycles. The van der Waals surface area contributed by atoms with E-state index in [1.807, 2.05) is 18.2 Å². The van der Waals surface area contributed by atoms with Crippen molar-refractivity contribution in [1.82, 2.24) is 0 Å². The summed E-state index contributed by atoms with van der Waals surface area (Å²) in [7, 11) is -2.68. The molecule has 1 aliphatic carbocycles. The summed E-state index contributed by atoms with van der Waals surface area (Å²) in [5.41, 5.74) is 1.16. The highest BCUT2D eigenvalue weighted by molar-refractivity contribution is 7.15. The zero-order valence-electron chi connectivity index (χ0n) is 18.6. The van der Waals surface area contributed by atoms with Crippen LogP contribution in [0.1, 0.15) is 12.0 Å². The van der Waals surface area contributed by atoms with Gasteiger partial charge in [0.1, 0.15) is 6.29 Å². The topological polar surface area (TPSA) is 26.3 Å². The van der Waals surface area contributed by atoms with Crippen LogP contribution in [0.3, 0.4) is 0 Å². The fraction of sp³-hybridized carbons (Fsp3) is 0.167. The fourth-order valence-corrected chi connectivity index (χ4v) is 11.6. The lowest BCUT2D eigenvalue weighted by atomic mass is 10.2. The van der Waals surface area contributed by atoms with E-state index in [4.69, 9.17) is 4.74 Å². The molecule has 0 spiro atoms. The molecule has 0 N–H and O–H groups in total. The first-order valence-corrected chi connectivity index (χ1v) is 13.6. The Morgan fingerprint density at radius 1 is 0.697 bits per heavy atom. The van der Waals surface area contributed by atoms with Crippen LogP contribution in [0.4, 0.5) is 0 Å². The van der Waals surface area contributed by atoms with Gasteiger partial charge in [-0.2, -0.15) is 0 Å². The van der Waals surface area contributed by atoms with Crippen LogP contribution in [0, 0.1) is 5.92 Å². The maximum Gasteiger partial charge on any atom is 0.161 e. The molecule has 1 fully saturated rings. The Hall–Kier alpha value is -3.27. The van der Waals surface area contributed by atoms with E-state index in [0.717, 1.165) is 12.0 Å². The molecule has 2 nitrogen and oxygen atoms in total. The van der Waals surface area contributed by atoms with Crippen LogP contribution < -0.4 is 15.6 Å². The number of hydrogen-bond acceptors (Lipinski definition) is 2. The van der Waals surface area contributed by atoms with Crippen LogP contribution in [-0.2, 0) is 16.1 Å². The number of rotatable bonds is 9. The molecular weight excluding hydrogens is 420 g/mol. The zero-order chi connectivity index (χ0) is 22.6.